The van der Waals surface area contributed by atoms with Crippen LogP contribution in [0.4, 0.5) is 15.9 Å². The minimum atomic E-state index is -0.510. The predicted octanol–water partition coefficient (Wildman–Crippen LogP) is 3.18. The normalized spacial score (nSPS) is 10.1. The number of pyridine rings is 1. The Balaban J connectivity index is 2.25. The molecule has 0 fully saturated rings. The maximum absolute atomic E-state index is 13.3. The Bertz CT molecular complexity index is 679. The summed E-state index contributed by atoms with van der Waals surface area (Å²) in [4.78, 5) is 16.3. The highest BCUT2D eigenvalue weighted by Gasteiger charge is 2.14. The Morgan fingerprint density at radius 2 is 2.10 bits per heavy atom. The van der Waals surface area contributed by atoms with Gasteiger partial charge in [-0.3, -0.25) is 4.79 Å². The van der Waals surface area contributed by atoms with Gasteiger partial charge < -0.3 is 15.4 Å². The van der Waals surface area contributed by atoms with E-state index in [2.05, 4.69) is 15.6 Å². The van der Waals surface area contributed by atoms with E-state index in [-0.39, 0.29) is 16.5 Å². The van der Waals surface area contributed by atoms with Crippen molar-refractivity contribution in [1.82, 2.24) is 4.98 Å². The number of methoxy groups -OCH3 is 1. The van der Waals surface area contributed by atoms with E-state index in [1.807, 2.05) is 0 Å². The fourth-order valence-electron chi connectivity index (χ4n) is 1.67. The number of carbonyl (C=O) groups is 1. The summed E-state index contributed by atoms with van der Waals surface area (Å²) >= 11 is 5.96. The monoisotopic (exact) mass is 309 g/mol. The standard InChI is InChI=1S/C14H13ClFN3O2/c1-17-12-6-4-9(15)13(19-12)14(20)18-8-3-5-10(16)11(7-8)21-2/h3-7H,1-2H3,(H,17,19)(H,18,20). The number of nitrogens with zero attached hydrogens (tertiary/aromatic N) is 1. The van der Waals surface area contributed by atoms with E-state index in [1.54, 1.807) is 19.2 Å². The lowest BCUT2D eigenvalue weighted by Gasteiger charge is -2.09. The molecule has 0 atom stereocenters. The number of benzene rings is 1. The molecular weight excluding hydrogens is 297 g/mol. The van der Waals surface area contributed by atoms with Gasteiger partial charge in [0.25, 0.3) is 5.91 Å². The van der Waals surface area contributed by atoms with Gasteiger partial charge in [-0.15, -0.1) is 0 Å². The first-order chi connectivity index (χ1) is 10.0. The number of anilines is 2. The Labute approximate surface area is 126 Å². The molecule has 1 amide bonds. The maximum atomic E-state index is 13.3. The summed E-state index contributed by atoms with van der Waals surface area (Å²) in [5.74, 6) is -0.452. The van der Waals surface area contributed by atoms with Crippen molar-refractivity contribution in [2.24, 2.45) is 0 Å². The molecule has 1 aromatic carbocycles. The van der Waals surface area contributed by atoms with E-state index in [1.165, 1.54) is 25.3 Å². The minimum Gasteiger partial charge on any atom is -0.494 e. The van der Waals surface area contributed by atoms with Gasteiger partial charge in [0.15, 0.2) is 11.6 Å². The molecule has 0 aliphatic heterocycles. The van der Waals surface area contributed by atoms with E-state index in [0.717, 1.165) is 0 Å². The summed E-state index contributed by atoms with van der Waals surface area (Å²) in [6, 6.07) is 7.22. The van der Waals surface area contributed by atoms with Crippen molar-refractivity contribution >= 4 is 29.0 Å². The van der Waals surface area contributed by atoms with Crippen molar-refractivity contribution in [3.8, 4) is 5.75 Å². The van der Waals surface area contributed by atoms with Gasteiger partial charge in [-0.25, -0.2) is 9.37 Å². The average Bonchev–Trinajstić information content (AvgIpc) is 2.49. The summed E-state index contributed by atoms with van der Waals surface area (Å²) in [6.45, 7) is 0. The van der Waals surface area contributed by atoms with Crippen molar-refractivity contribution < 1.29 is 13.9 Å². The molecule has 0 saturated heterocycles. The number of rotatable bonds is 4. The molecule has 0 aliphatic carbocycles. The van der Waals surface area contributed by atoms with Crippen LogP contribution in [0.1, 0.15) is 10.5 Å². The Kier molecular flexibility index (Phi) is 4.59. The molecule has 2 N–H and O–H groups in total. The zero-order chi connectivity index (χ0) is 15.4. The summed E-state index contributed by atoms with van der Waals surface area (Å²) in [5.41, 5.74) is 0.456. The highest BCUT2D eigenvalue weighted by Crippen LogP contribution is 2.23. The zero-order valence-corrected chi connectivity index (χ0v) is 12.2. The molecule has 110 valence electrons. The SMILES string of the molecule is CNc1ccc(Cl)c(C(=O)Nc2ccc(F)c(OC)c2)n1. The van der Waals surface area contributed by atoms with Crippen LogP contribution in [0.25, 0.3) is 0 Å². The molecule has 0 saturated carbocycles. The smallest absolute Gasteiger partial charge is 0.275 e. The van der Waals surface area contributed by atoms with Gasteiger partial charge in [0.1, 0.15) is 11.5 Å². The maximum Gasteiger partial charge on any atom is 0.275 e. The number of aromatic nitrogens is 1. The molecule has 7 heteroatoms. The molecule has 5 nitrogen and oxygen atoms in total. The van der Waals surface area contributed by atoms with Crippen LogP contribution in [0.5, 0.6) is 5.75 Å². The van der Waals surface area contributed by atoms with Crippen molar-refractivity contribution in [3.05, 3.63) is 46.9 Å². The molecular formula is C14H13ClFN3O2. The van der Waals surface area contributed by atoms with E-state index in [9.17, 15) is 9.18 Å². The van der Waals surface area contributed by atoms with E-state index in [0.29, 0.717) is 11.5 Å². The molecule has 0 unspecified atom stereocenters. The lowest BCUT2D eigenvalue weighted by Crippen LogP contribution is -2.15. The lowest BCUT2D eigenvalue weighted by atomic mass is 10.2. The van der Waals surface area contributed by atoms with Gasteiger partial charge >= 0.3 is 0 Å². The van der Waals surface area contributed by atoms with Gasteiger partial charge in [-0.2, -0.15) is 0 Å². The van der Waals surface area contributed by atoms with Crippen LogP contribution in [0.2, 0.25) is 5.02 Å². The largest absolute Gasteiger partial charge is 0.494 e. The van der Waals surface area contributed by atoms with Crippen LogP contribution in [-0.4, -0.2) is 25.0 Å². The van der Waals surface area contributed by atoms with E-state index < -0.39 is 11.7 Å². The average molecular weight is 310 g/mol. The third-order valence-electron chi connectivity index (χ3n) is 2.73. The second-order valence-electron chi connectivity index (χ2n) is 4.08. The first kappa shape index (κ1) is 15.1. The van der Waals surface area contributed by atoms with Crippen LogP contribution in [0, 0.1) is 5.82 Å². The zero-order valence-electron chi connectivity index (χ0n) is 11.4. The highest BCUT2D eigenvalue weighted by atomic mass is 35.5. The molecule has 0 radical (unpaired) electrons. The Morgan fingerprint density at radius 3 is 2.76 bits per heavy atom. The summed E-state index contributed by atoms with van der Waals surface area (Å²) in [6.07, 6.45) is 0. The second-order valence-corrected chi connectivity index (χ2v) is 4.49. The molecule has 2 rings (SSSR count). The van der Waals surface area contributed by atoms with Gasteiger partial charge in [0.2, 0.25) is 0 Å². The first-order valence-electron chi connectivity index (χ1n) is 6.04. The topological polar surface area (TPSA) is 63.2 Å². The van der Waals surface area contributed by atoms with Crippen LogP contribution in [-0.2, 0) is 0 Å². The number of halogens is 2. The van der Waals surface area contributed by atoms with Gasteiger partial charge in [0.05, 0.1) is 12.1 Å². The van der Waals surface area contributed by atoms with E-state index in [4.69, 9.17) is 16.3 Å². The summed E-state index contributed by atoms with van der Waals surface area (Å²) in [5, 5.41) is 5.63. The van der Waals surface area contributed by atoms with Gasteiger partial charge in [-0.05, 0) is 24.3 Å². The molecule has 0 spiro atoms. The number of ether oxygens (including phenoxy) is 1. The van der Waals surface area contributed by atoms with Crippen molar-refractivity contribution in [2.45, 2.75) is 0 Å². The Hall–Kier alpha value is -2.34. The number of nitrogens with one attached hydrogen (secondary N) is 2. The van der Waals surface area contributed by atoms with Gasteiger partial charge in [-0.1, -0.05) is 11.6 Å². The fraction of sp³-hybridized carbons (Fsp3) is 0.143. The number of hydrogen-bond acceptors (Lipinski definition) is 4. The molecule has 1 heterocycles. The first-order valence-corrected chi connectivity index (χ1v) is 6.42. The van der Waals surface area contributed by atoms with Crippen molar-refractivity contribution in [2.75, 3.05) is 24.8 Å². The third kappa shape index (κ3) is 3.41. The lowest BCUT2D eigenvalue weighted by molar-refractivity contribution is 0.102. The summed E-state index contributed by atoms with van der Waals surface area (Å²) < 4.78 is 18.2. The Morgan fingerprint density at radius 1 is 1.33 bits per heavy atom. The van der Waals surface area contributed by atoms with Crippen molar-refractivity contribution in [3.63, 3.8) is 0 Å². The number of hydrogen-bond donors (Lipinski definition) is 2. The number of amides is 1. The highest BCUT2D eigenvalue weighted by molar-refractivity contribution is 6.34. The molecule has 0 aliphatic rings. The van der Waals surface area contributed by atoms with Gasteiger partial charge in [0, 0.05) is 18.8 Å². The molecule has 0 bridgehead atoms. The van der Waals surface area contributed by atoms with Crippen molar-refractivity contribution in [1.29, 1.82) is 0 Å². The fourth-order valence-corrected chi connectivity index (χ4v) is 1.86. The van der Waals surface area contributed by atoms with Crippen LogP contribution >= 0.6 is 11.6 Å². The van der Waals surface area contributed by atoms with Crippen LogP contribution < -0.4 is 15.4 Å². The third-order valence-corrected chi connectivity index (χ3v) is 3.03. The predicted molar refractivity (Wildman–Crippen MR) is 79.7 cm³/mol. The van der Waals surface area contributed by atoms with Crippen LogP contribution in [0.15, 0.2) is 30.3 Å². The minimum absolute atomic E-state index is 0.0378. The summed E-state index contributed by atoms with van der Waals surface area (Å²) in [7, 11) is 3.03. The second kappa shape index (κ2) is 6.41. The molecule has 1 aromatic heterocycles. The quantitative estimate of drug-likeness (QED) is 0.910. The van der Waals surface area contributed by atoms with Crippen LogP contribution in [0.3, 0.4) is 0 Å². The molecule has 2 aromatic rings. The number of carbonyl (C=O) groups excluding carboxylic acids is 1. The van der Waals surface area contributed by atoms with E-state index >= 15 is 0 Å². The molecule has 21 heavy (non-hydrogen) atoms.